The van der Waals surface area contributed by atoms with Crippen LogP contribution in [0.4, 0.5) is 4.79 Å². The van der Waals surface area contributed by atoms with Crippen LogP contribution in [0.25, 0.3) is 0 Å². The van der Waals surface area contributed by atoms with E-state index in [1.54, 1.807) is 0 Å². The van der Waals surface area contributed by atoms with Crippen LogP contribution in [-0.4, -0.2) is 46.2 Å². The first-order valence-corrected chi connectivity index (χ1v) is 9.78. The molecular formula is C19H27ClN2O4. The van der Waals surface area contributed by atoms with E-state index in [2.05, 4.69) is 10.2 Å². The molecule has 2 fully saturated rings. The van der Waals surface area contributed by atoms with Gasteiger partial charge >= 0.3 is 6.09 Å². The molecule has 0 aromatic carbocycles. The van der Waals surface area contributed by atoms with Crippen LogP contribution in [-0.2, 0) is 14.3 Å². The molecular weight excluding hydrogens is 356 g/mol. The van der Waals surface area contributed by atoms with E-state index in [9.17, 15) is 14.4 Å². The molecule has 0 spiro atoms. The smallest absolute Gasteiger partial charge is 0.407 e. The molecule has 0 bridgehead atoms. The second-order valence-electron chi connectivity index (χ2n) is 8.46. The van der Waals surface area contributed by atoms with Crippen LogP contribution in [0.3, 0.4) is 0 Å². The number of halogens is 1. The van der Waals surface area contributed by atoms with Gasteiger partial charge in [0.05, 0.1) is 6.04 Å². The number of piperidine rings is 1. The van der Waals surface area contributed by atoms with Gasteiger partial charge in [-0.25, -0.2) is 4.79 Å². The molecule has 2 aliphatic heterocycles. The standard InChI is InChI=1S/C19H27ClN2O4/c1-19(2,3)26-18(25)21-11-8-9-14-15(16(23)17(20)24)12-6-4-5-7-13(12)22(14)10-11/h11-13H,4-10H2,1-3H3,(H,21,25). The van der Waals surface area contributed by atoms with E-state index in [1.807, 2.05) is 20.8 Å². The summed E-state index contributed by atoms with van der Waals surface area (Å²) in [4.78, 5) is 38.2. The monoisotopic (exact) mass is 382 g/mol. The van der Waals surface area contributed by atoms with Crippen molar-refractivity contribution in [2.75, 3.05) is 6.54 Å². The Kier molecular flexibility index (Phi) is 5.33. The minimum atomic E-state index is -0.896. The van der Waals surface area contributed by atoms with Crippen LogP contribution in [0, 0.1) is 5.92 Å². The number of alkyl carbamates (subject to hydrolysis) is 1. The summed E-state index contributed by atoms with van der Waals surface area (Å²) in [6.07, 6.45) is 5.07. The minimum absolute atomic E-state index is 0.0302. The summed E-state index contributed by atoms with van der Waals surface area (Å²) in [5.41, 5.74) is 1.06. The molecule has 1 saturated carbocycles. The highest BCUT2D eigenvalue weighted by Crippen LogP contribution is 2.46. The van der Waals surface area contributed by atoms with Gasteiger partial charge in [0, 0.05) is 29.8 Å². The Morgan fingerprint density at radius 2 is 1.85 bits per heavy atom. The van der Waals surface area contributed by atoms with Crippen LogP contribution in [0.15, 0.2) is 11.3 Å². The van der Waals surface area contributed by atoms with Crippen LogP contribution in [0.2, 0.25) is 0 Å². The van der Waals surface area contributed by atoms with Crippen molar-refractivity contribution in [3.8, 4) is 0 Å². The zero-order valence-corrected chi connectivity index (χ0v) is 16.4. The highest BCUT2D eigenvalue weighted by atomic mass is 35.5. The number of hydrogen-bond acceptors (Lipinski definition) is 5. The normalized spacial score (nSPS) is 28.3. The predicted molar refractivity (Wildman–Crippen MR) is 97.7 cm³/mol. The number of hydrogen-bond donors (Lipinski definition) is 1. The van der Waals surface area contributed by atoms with Gasteiger partial charge in [0.15, 0.2) is 0 Å². The van der Waals surface area contributed by atoms with Gasteiger partial charge in [-0.2, -0.15) is 0 Å². The number of Topliss-reactive ketones (excluding diaryl/α,β-unsaturated/α-hetero) is 1. The maximum atomic E-state index is 12.4. The number of fused-ring (bicyclic) bond motifs is 3. The highest BCUT2D eigenvalue weighted by molar-refractivity contribution is 6.83. The molecule has 1 aliphatic carbocycles. The largest absolute Gasteiger partial charge is 0.444 e. The lowest BCUT2D eigenvalue weighted by Crippen LogP contribution is -2.50. The molecule has 2 heterocycles. The van der Waals surface area contributed by atoms with E-state index in [4.69, 9.17) is 16.3 Å². The molecule has 1 N–H and O–H groups in total. The van der Waals surface area contributed by atoms with Gasteiger partial charge in [-0.1, -0.05) is 12.8 Å². The zero-order valence-electron chi connectivity index (χ0n) is 15.6. The molecule has 144 valence electrons. The first-order valence-electron chi connectivity index (χ1n) is 9.40. The van der Waals surface area contributed by atoms with Gasteiger partial charge in [-0.15, -0.1) is 0 Å². The highest BCUT2D eigenvalue weighted by Gasteiger charge is 2.47. The van der Waals surface area contributed by atoms with Gasteiger partial charge in [-0.3, -0.25) is 9.59 Å². The molecule has 0 aromatic heterocycles. The van der Waals surface area contributed by atoms with Crippen molar-refractivity contribution in [3.05, 3.63) is 11.3 Å². The fourth-order valence-electron chi connectivity index (χ4n) is 4.55. The third kappa shape index (κ3) is 3.90. The summed E-state index contributed by atoms with van der Waals surface area (Å²) < 4.78 is 5.35. The average Bonchev–Trinajstić information content (AvgIpc) is 2.86. The van der Waals surface area contributed by atoms with E-state index in [-0.39, 0.29) is 18.0 Å². The van der Waals surface area contributed by atoms with Crippen LogP contribution < -0.4 is 5.32 Å². The van der Waals surface area contributed by atoms with Crippen molar-refractivity contribution in [1.82, 2.24) is 10.2 Å². The van der Waals surface area contributed by atoms with E-state index < -0.39 is 22.7 Å². The summed E-state index contributed by atoms with van der Waals surface area (Å²) in [6.45, 7) is 6.15. The molecule has 1 amide bonds. The quantitative estimate of drug-likeness (QED) is 0.599. The van der Waals surface area contributed by atoms with Crippen molar-refractivity contribution in [2.45, 2.75) is 77.0 Å². The number of rotatable bonds is 3. The molecule has 0 radical (unpaired) electrons. The van der Waals surface area contributed by atoms with Gasteiger partial charge in [-0.05, 0) is 58.1 Å². The molecule has 3 atom stereocenters. The summed E-state index contributed by atoms with van der Waals surface area (Å²) in [5, 5.41) is 2.05. The lowest BCUT2D eigenvalue weighted by atomic mass is 9.80. The summed E-state index contributed by atoms with van der Waals surface area (Å²) in [7, 11) is 0. The van der Waals surface area contributed by atoms with Gasteiger partial charge in [0.1, 0.15) is 5.60 Å². The van der Waals surface area contributed by atoms with Crippen LogP contribution in [0.5, 0.6) is 0 Å². The van der Waals surface area contributed by atoms with Crippen molar-refractivity contribution in [3.63, 3.8) is 0 Å². The van der Waals surface area contributed by atoms with Gasteiger partial charge in [0.25, 0.3) is 5.24 Å². The Bertz CT molecular complexity index is 652. The number of ketones is 1. The molecule has 0 aromatic rings. The topological polar surface area (TPSA) is 75.7 Å². The molecule has 6 nitrogen and oxygen atoms in total. The Morgan fingerprint density at radius 1 is 1.15 bits per heavy atom. The lowest BCUT2D eigenvalue weighted by molar-refractivity contribution is -0.130. The Labute approximate surface area is 159 Å². The van der Waals surface area contributed by atoms with Crippen molar-refractivity contribution < 1.29 is 19.1 Å². The second kappa shape index (κ2) is 7.22. The molecule has 3 aliphatic rings. The Hall–Kier alpha value is -1.56. The number of ether oxygens (including phenoxy) is 1. The molecule has 1 saturated heterocycles. The van der Waals surface area contributed by atoms with E-state index in [0.717, 1.165) is 37.8 Å². The SMILES string of the molecule is CC(C)(C)OC(=O)NC1CCC2=C(C(=O)C(=O)Cl)C3CCCCC3N2C1. The second-order valence-corrected chi connectivity index (χ2v) is 8.80. The van der Waals surface area contributed by atoms with E-state index in [0.29, 0.717) is 18.5 Å². The fourth-order valence-corrected chi connectivity index (χ4v) is 4.65. The van der Waals surface area contributed by atoms with Crippen LogP contribution in [0.1, 0.15) is 59.3 Å². The Morgan fingerprint density at radius 3 is 2.50 bits per heavy atom. The van der Waals surface area contributed by atoms with E-state index >= 15 is 0 Å². The first kappa shape index (κ1) is 19.2. The maximum Gasteiger partial charge on any atom is 0.407 e. The van der Waals surface area contributed by atoms with Gasteiger partial charge < -0.3 is 15.0 Å². The number of nitrogens with zero attached hydrogens (tertiary/aromatic N) is 1. The number of amides is 1. The summed E-state index contributed by atoms with van der Waals surface area (Å²) in [5.74, 6) is -0.450. The van der Waals surface area contributed by atoms with Crippen molar-refractivity contribution in [2.24, 2.45) is 5.92 Å². The molecule has 3 unspecified atom stereocenters. The summed E-state index contributed by atoms with van der Waals surface area (Å²) in [6, 6.07) is 0.203. The minimum Gasteiger partial charge on any atom is -0.444 e. The maximum absolute atomic E-state index is 12.4. The molecule has 3 rings (SSSR count). The predicted octanol–water partition coefficient (Wildman–Crippen LogP) is 3.14. The number of carbonyl (C=O) groups excluding carboxylic acids is 3. The third-order valence-electron chi connectivity index (χ3n) is 5.45. The first-order chi connectivity index (χ1) is 12.2. The number of allylic oxidation sites excluding steroid dienone is 1. The molecule has 26 heavy (non-hydrogen) atoms. The van der Waals surface area contributed by atoms with E-state index in [1.165, 1.54) is 0 Å². The van der Waals surface area contributed by atoms with Gasteiger partial charge in [0.2, 0.25) is 5.78 Å². The molecule has 7 heteroatoms. The average molecular weight is 383 g/mol. The third-order valence-corrected chi connectivity index (χ3v) is 5.62. The van der Waals surface area contributed by atoms with Crippen molar-refractivity contribution in [1.29, 1.82) is 0 Å². The number of carbonyl (C=O) groups is 3. The lowest BCUT2D eigenvalue weighted by Gasteiger charge is -2.40. The summed E-state index contributed by atoms with van der Waals surface area (Å²) >= 11 is 5.52. The Balaban J connectivity index is 1.76. The van der Waals surface area contributed by atoms with Crippen LogP contribution >= 0.6 is 11.6 Å². The number of nitrogens with one attached hydrogen (secondary N) is 1. The van der Waals surface area contributed by atoms with Crippen molar-refractivity contribution >= 4 is 28.7 Å². The fraction of sp³-hybridized carbons (Fsp3) is 0.737. The zero-order chi connectivity index (χ0) is 19.1.